The van der Waals surface area contributed by atoms with Gasteiger partial charge in [0.25, 0.3) is 0 Å². The maximum atomic E-state index is 4.60. The van der Waals surface area contributed by atoms with Gasteiger partial charge in [-0.1, -0.05) is 33.1 Å². The van der Waals surface area contributed by atoms with Gasteiger partial charge in [-0.2, -0.15) is 5.10 Å². The third-order valence-electron chi connectivity index (χ3n) is 3.16. The van der Waals surface area contributed by atoms with E-state index < -0.39 is 0 Å². The summed E-state index contributed by atoms with van der Waals surface area (Å²) in [6, 6.07) is 4.23. The monoisotopic (exact) mass is 309 g/mol. The predicted molar refractivity (Wildman–Crippen MR) is 77.9 cm³/mol. The first-order chi connectivity index (χ1) is 8.74. The molecule has 18 heavy (non-hydrogen) atoms. The lowest BCUT2D eigenvalue weighted by molar-refractivity contribution is 0.651. The van der Waals surface area contributed by atoms with E-state index >= 15 is 0 Å². The van der Waals surface area contributed by atoms with Gasteiger partial charge in [0, 0.05) is 6.42 Å². The van der Waals surface area contributed by atoms with Crippen LogP contribution in [0.15, 0.2) is 16.7 Å². The molecule has 2 aromatic rings. The molecule has 0 saturated carbocycles. The van der Waals surface area contributed by atoms with Gasteiger partial charge in [0.1, 0.15) is 4.60 Å². The number of nitrogens with zero attached hydrogens (tertiary/aromatic N) is 3. The summed E-state index contributed by atoms with van der Waals surface area (Å²) < 4.78 is 2.87. The van der Waals surface area contributed by atoms with E-state index in [1.54, 1.807) is 0 Å². The zero-order valence-electron chi connectivity index (χ0n) is 11.1. The number of hydrogen-bond acceptors (Lipinski definition) is 2. The second kappa shape index (κ2) is 6.32. The Morgan fingerprint density at radius 3 is 2.72 bits per heavy atom. The van der Waals surface area contributed by atoms with E-state index in [0.717, 1.165) is 28.9 Å². The van der Waals surface area contributed by atoms with Crippen LogP contribution in [-0.4, -0.2) is 14.6 Å². The Kier molecular flexibility index (Phi) is 4.75. The third kappa shape index (κ3) is 3.10. The summed E-state index contributed by atoms with van der Waals surface area (Å²) in [5.74, 6) is 0.958. The summed E-state index contributed by atoms with van der Waals surface area (Å²) in [5.41, 5.74) is 2.24. The Morgan fingerprint density at radius 1 is 1.17 bits per heavy atom. The van der Waals surface area contributed by atoms with Crippen molar-refractivity contribution in [2.75, 3.05) is 0 Å². The largest absolute Gasteiger partial charge is 0.212 e. The van der Waals surface area contributed by atoms with Crippen LogP contribution >= 0.6 is 15.9 Å². The number of fused-ring (bicyclic) bond motifs is 1. The van der Waals surface area contributed by atoms with E-state index in [2.05, 4.69) is 52.0 Å². The van der Waals surface area contributed by atoms with Crippen LogP contribution < -0.4 is 0 Å². The minimum absolute atomic E-state index is 0.951. The van der Waals surface area contributed by atoms with Crippen LogP contribution in [0.25, 0.3) is 5.65 Å². The van der Waals surface area contributed by atoms with Crippen molar-refractivity contribution in [3.63, 3.8) is 0 Å². The minimum Gasteiger partial charge on any atom is -0.212 e. The summed E-state index contributed by atoms with van der Waals surface area (Å²) in [6.45, 7) is 4.38. The molecule has 0 radical (unpaired) electrons. The molecule has 0 fully saturated rings. The highest BCUT2D eigenvalue weighted by Crippen LogP contribution is 2.17. The molecular formula is C14H20BrN3. The zero-order valence-corrected chi connectivity index (χ0v) is 12.7. The smallest absolute Gasteiger partial charge is 0.157 e. The fourth-order valence-corrected chi connectivity index (χ4v) is 2.62. The molecule has 4 heteroatoms. The molecule has 0 bridgehead atoms. The molecule has 0 unspecified atom stereocenters. The van der Waals surface area contributed by atoms with Crippen LogP contribution in [0.1, 0.15) is 50.9 Å². The van der Waals surface area contributed by atoms with Crippen molar-refractivity contribution in [2.24, 2.45) is 0 Å². The molecule has 0 aliphatic carbocycles. The first-order valence-electron chi connectivity index (χ1n) is 6.78. The molecule has 98 valence electrons. The predicted octanol–water partition coefficient (Wildman–Crippen LogP) is 4.18. The Labute approximate surface area is 117 Å². The number of aryl methyl sites for hydroxylation is 2. The van der Waals surface area contributed by atoms with E-state index in [1.165, 1.54) is 31.2 Å². The number of halogens is 1. The van der Waals surface area contributed by atoms with Gasteiger partial charge in [0.2, 0.25) is 0 Å². The molecule has 2 aromatic heterocycles. The van der Waals surface area contributed by atoms with Crippen molar-refractivity contribution in [3.8, 4) is 0 Å². The van der Waals surface area contributed by atoms with Gasteiger partial charge in [-0.15, -0.1) is 0 Å². The maximum Gasteiger partial charge on any atom is 0.157 e. The molecular weight excluding hydrogens is 290 g/mol. The topological polar surface area (TPSA) is 30.2 Å². The van der Waals surface area contributed by atoms with Gasteiger partial charge in [-0.05, 0) is 46.5 Å². The maximum absolute atomic E-state index is 4.60. The summed E-state index contributed by atoms with van der Waals surface area (Å²) >= 11 is 3.56. The first kappa shape index (κ1) is 13.5. The van der Waals surface area contributed by atoms with Crippen LogP contribution in [0.5, 0.6) is 0 Å². The van der Waals surface area contributed by atoms with Crippen LogP contribution in [0, 0.1) is 0 Å². The lowest BCUT2D eigenvalue weighted by Crippen LogP contribution is -1.93. The van der Waals surface area contributed by atoms with E-state index in [4.69, 9.17) is 0 Å². The SMILES string of the molecule is CCCCCCc1nc2cc(CC)cc(Br)n2n1. The minimum atomic E-state index is 0.951. The molecule has 0 saturated heterocycles. The van der Waals surface area contributed by atoms with Gasteiger partial charge in [-0.25, -0.2) is 9.50 Å². The average molecular weight is 310 g/mol. The molecule has 2 rings (SSSR count). The standard InChI is InChI=1S/C14H20BrN3/c1-3-5-6-7-8-13-16-14-10-11(4-2)9-12(15)18(14)17-13/h9-10H,3-8H2,1-2H3. The van der Waals surface area contributed by atoms with Gasteiger partial charge in [0.15, 0.2) is 11.5 Å². The molecule has 3 nitrogen and oxygen atoms in total. The molecule has 0 aromatic carbocycles. The Bertz CT molecular complexity index is 519. The molecule has 0 amide bonds. The number of pyridine rings is 1. The Balaban J connectivity index is 2.14. The fraction of sp³-hybridized carbons (Fsp3) is 0.571. The second-order valence-electron chi connectivity index (χ2n) is 4.65. The van der Waals surface area contributed by atoms with E-state index in [-0.39, 0.29) is 0 Å². The van der Waals surface area contributed by atoms with E-state index in [9.17, 15) is 0 Å². The van der Waals surface area contributed by atoms with E-state index in [0.29, 0.717) is 0 Å². The molecule has 0 aliphatic rings. The van der Waals surface area contributed by atoms with Crippen molar-refractivity contribution in [2.45, 2.75) is 52.4 Å². The van der Waals surface area contributed by atoms with Crippen LogP contribution in [-0.2, 0) is 12.8 Å². The normalized spacial score (nSPS) is 11.3. The van der Waals surface area contributed by atoms with Crippen LogP contribution in [0.3, 0.4) is 0 Å². The average Bonchev–Trinajstić information content (AvgIpc) is 2.78. The molecule has 0 spiro atoms. The first-order valence-corrected chi connectivity index (χ1v) is 7.58. The van der Waals surface area contributed by atoms with Crippen molar-refractivity contribution >= 4 is 21.6 Å². The summed E-state index contributed by atoms with van der Waals surface area (Å²) in [7, 11) is 0. The number of aromatic nitrogens is 3. The molecule has 0 atom stereocenters. The molecule has 0 aliphatic heterocycles. The Hall–Kier alpha value is -0.900. The molecule has 0 N–H and O–H groups in total. The fourth-order valence-electron chi connectivity index (χ4n) is 2.06. The third-order valence-corrected chi connectivity index (χ3v) is 3.72. The number of rotatable bonds is 6. The lowest BCUT2D eigenvalue weighted by atomic mass is 10.1. The van der Waals surface area contributed by atoms with E-state index in [1.807, 2.05) is 4.52 Å². The molecule has 2 heterocycles. The number of unbranched alkanes of at least 4 members (excludes halogenated alkanes) is 3. The lowest BCUT2D eigenvalue weighted by Gasteiger charge is -1.99. The highest BCUT2D eigenvalue weighted by Gasteiger charge is 2.07. The van der Waals surface area contributed by atoms with Crippen molar-refractivity contribution in [1.82, 2.24) is 14.6 Å². The highest BCUT2D eigenvalue weighted by atomic mass is 79.9. The summed E-state index contributed by atoms with van der Waals surface area (Å²) in [4.78, 5) is 4.60. The summed E-state index contributed by atoms with van der Waals surface area (Å²) in [5, 5.41) is 4.54. The Morgan fingerprint density at radius 2 is 2.00 bits per heavy atom. The van der Waals surface area contributed by atoms with Crippen molar-refractivity contribution < 1.29 is 0 Å². The van der Waals surface area contributed by atoms with Gasteiger partial charge >= 0.3 is 0 Å². The van der Waals surface area contributed by atoms with Crippen LogP contribution in [0.4, 0.5) is 0 Å². The van der Waals surface area contributed by atoms with Gasteiger partial charge < -0.3 is 0 Å². The number of hydrogen-bond donors (Lipinski definition) is 0. The quantitative estimate of drug-likeness (QED) is 0.592. The highest BCUT2D eigenvalue weighted by molar-refractivity contribution is 9.10. The van der Waals surface area contributed by atoms with Crippen LogP contribution in [0.2, 0.25) is 0 Å². The zero-order chi connectivity index (χ0) is 13.0. The van der Waals surface area contributed by atoms with Crippen molar-refractivity contribution in [3.05, 3.63) is 28.1 Å². The van der Waals surface area contributed by atoms with Gasteiger partial charge in [0.05, 0.1) is 0 Å². The summed E-state index contributed by atoms with van der Waals surface area (Å²) in [6.07, 6.45) is 7.03. The van der Waals surface area contributed by atoms with Gasteiger partial charge in [-0.3, -0.25) is 0 Å². The van der Waals surface area contributed by atoms with Crippen molar-refractivity contribution in [1.29, 1.82) is 0 Å². The second-order valence-corrected chi connectivity index (χ2v) is 5.46.